The normalized spacial score (nSPS) is 11.5. The van der Waals surface area contributed by atoms with Crippen molar-refractivity contribution in [1.29, 1.82) is 0 Å². The Bertz CT molecular complexity index is 503. The van der Waals surface area contributed by atoms with Crippen LogP contribution in [0, 0.1) is 6.92 Å². The van der Waals surface area contributed by atoms with Gasteiger partial charge in [0.05, 0.1) is 11.4 Å². The van der Waals surface area contributed by atoms with Gasteiger partial charge < -0.3 is 5.32 Å². The average Bonchev–Trinajstić information content (AvgIpc) is 2.34. The maximum absolute atomic E-state index is 11.9. The summed E-state index contributed by atoms with van der Waals surface area (Å²) in [6, 6.07) is 5.49. The minimum Gasteiger partial charge on any atom is -0.317 e. The van der Waals surface area contributed by atoms with Gasteiger partial charge in [-0.2, -0.15) is 0 Å². The highest BCUT2D eigenvalue weighted by Crippen LogP contribution is 2.24. The Labute approximate surface area is 124 Å². The summed E-state index contributed by atoms with van der Waals surface area (Å²) >= 11 is 3.39. The van der Waals surface area contributed by atoms with Crippen molar-refractivity contribution in [2.24, 2.45) is 0 Å². The highest BCUT2D eigenvalue weighted by Gasteiger charge is 2.12. The van der Waals surface area contributed by atoms with Crippen LogP contribution in [0.3, 0.4) is 0 Å². The Hall–Kier alpha value is -0.590. The molecular formula is C13H21BrN2O2S. The van der Waals surface area contributed by atoms with Crippen molar-refractivity contribution in [3.05, 3.63) is 28.2 Å². The van der Waals surface area contributed by atoms with Gasteiger partial charge in [-0.15, -0.1) is 0 Å². The van der Waals surface area contributed by atoms with E-state index >= 15 is 0 Å². The number of halogens is 1. The zero-order valence-corrected chi connectivity index (χ0v) is 13.8. The number of nitrogens with one attached hydrogen (secondary N) is 2. The first-order valence-electron chi connectivity index (χ1n) is 6.42. The third-order valence-electron chi connectivity index (χ3n) is 2.80. The summed E-state index contributed by atoms with van der Waals surface area (Å²) in [5.41, 5.74) is 1.54. The summed E-state index contributed by atoms with van der Waals surface area (Å²) in [4.78, 5) is 0. The number of unbranched alkanes of at least 4 members (excludes halogenated alkanes) is 1. The molecule has 6 heteroatoms. The fourth-order valence-electron chi connectivity index (χ4n) is 1.66. The van der Waals surface area contributed by atoms with E-state index in [2.05, 4.69) is 26.0 Å². The van der Waals surface area contributed by atoms with Crippen LogP contribution in [-0.4, -0.2) is 27.3 Å². The molecule has 108 valence electrons. The maximum Gasteiger partial charge on any atom is 0.232 e. The molecule has 1 aromatic carbocycles. The van der Waals surface area contributed by atoms with E-state index in [1.807, 2.05) is 26.0 Å². The summed E-state index contributed by atoms with van der Waals surface area (Å²) < 4.78 is 27.4. The number of sulfonamides is 1. The van der Waals surface area contributed by atoms with E-state index in [-0.39, 0.29) is 5.75 Å². The van der Waals surface area contributed by atoms with E-state index < -0.39 is 10.0 Å². The van der Waals surface area contributed by atoms with E-state index in [4.69, 9.17) is 0 Å². The topological polar surface area (TPSA) is 58.2 Å². The second-order valence-corrected chi connectivity index (χ2v) is 7.09. The molecule has 0 saturated heterocycles. The summed E-state index contributed by atoms with van der Waals surface area (Å²) in [7, 11) is -3.26. The monoisotopic (exact) mass is 348 g/mol. The lowest BCUT2D eigenvalue weighted by atomic mass is 10.2. The molecule has 0 saturated carbocycles. The minimum atomic E-state index is -3.26. The lowest BCUT2D eigenvalue weighted by Gasteiger charge is -2.11. The van der Waals surface area contributed by atoms with Gasteiger partial charge in [0, 0.05) is 4.47 Å². The van der Waals surface area contributed by atoms with Gasteiger partial charge in [-0.3, -0.25) is 4.72 Å². The summed E-state index contributed by atoms with van der Waals surface area (Å²) in [6.45, 7) is 5.70. The Morgan fingerprint density at radius 3 is 2.68 bits per heavy atom. The van der Waals surface area contributed by atoms with Gasteiger partial charge >= 0.3 is 0 Å². The fourth-order valence-corrected chi connectivity index (χ4v) is 3.26. The Morgan fingerprint density at radius 1 is 1.26 bits per heavy atom. The van der Waals surface area contributed by atoms with E-state index in [9.17, 15) is 8.42 Å². The molecule has 0 fully saturated rings. The van der Waals surface area contributed by atoms with Crippen molar-refractivity contribution in [1.82, 2.24) is 5.32 Å². The first-order chi connectivity index (χ1) is 8.96. The van der Waals surface area contributed by atoms with Crippen LogP contribution in [0.4, 0.5) is 5.69 Å². The van der Waals surface area contributed by atoms with Crippen molar-refractivity contribution in [2.45, 2.75) is 26.7 Å². The molecule has 0 unspecified atom stereocenters. The number of anilines is 1. The zero-order chi connectivity index (χ0) is 14.3. The van der Waals surface area contributed by atoms with Gasteiger partial charge in [-0.1, -0.05) is 28.9 Å². The lowest BCUT2D eigenvalue weighted by Crippen LogP contribution is -2.19. The molecular weight excluding hydrogens is 328 g/mol. The van der Waals surface area contributed by atoms with Crippen LogP contribution >= 0.6 is 15.9 Å². The van der Waals surface area contributed by atoms with Gasteiger partial charge in [-0.25, -0.2) is 8.42 Å². The molecule has 0 aliphatic carbocycles. The molecule has 19 heavy (non-hydrogen) atoms. The second-order valence-electron chi connectivity index (χ2n) is 4.39. The number of benzene rings is 1. The third-order valence-corrected chi connectivity index (χ3v) is 5.02. The van der Waals surface area contributed by atoms with Crippen molar-refractivity contribution in [3.8, 4) is 0 Å². The molecule has 0 bridgehead atoms. The molecule has 0 radical (unpaired) electrons. The van der Waals surface area contributed by atoms with Gasteiger partial charge in [0.15, 0.2) is 0 Å². The van der Waals surface area contributed by atoms with Crippen LogP contribution in [0.15, 0.2) is 22.7 Å². The highest BCUT2D eigenvalue weighted by atomic mass is 79.9. The van der Waals surface area contributed by atoms with E-state index in [0.717, 1.165) is 29.5 Å². The molecule has 0 heterocycles. The van der Waals surface area contributed by atoms with Gasteiger partial charge in [0.2, 0.25) is 10.0 Å². The third kappa shape index (κ3) is 5.93. The Morgan fingerprint density at radius 2 is 2.00 bits per heavy atom. The van der Waals surface area contributed by atoms with Gasteiger partial charge in [0.1, 0.15) is 0 Å². The van der Waals surface area contributed by atoms with Crippen molar-refractivity contribution in [2.75, 3.05) is 23.6 Å². The Kier molecular flexibility index (Phi) is 6.82. The van der Waals surface area contributed by atoms with Crippen LogP contribution in [0.25, 0.3) is 0 Å². The van der Waals surface area contributed by atoms with Crippen LogP contribution in [0.2, 0.25) is 0 Å². The van der Waals surface area contributed by atoms with Crippen molar-refractivity contribution >= 4 is 31.6 Å². The standard InChI is InChI=1S/C13H21BrN2O2S/c1-3-15-9-4-5-10-19(17,18)16-13-8-6-7-12(14)11(13)2/h6-8,15-16H,3-5,9-10H2,1-2H3. The summed E-state index contributed by atoms with van der Waals surface area (Å²) in [6.07, 6.45) is 1.53. The molecule has 0 spiro atoms. The van der Waals surface area contributed by atoms with E-state index in [0.29, 0.717) is 12.1 Å². The number of hydrogen-bond acceptors (Lipinski definition) is 3. The van der Waals surface area contributed by atoms with Crippen LogP contribution < -0.4 is 10.0 Å². The van der Waals surface area contributed by atoms with Crippen LogP contribution in [0.1, 0.15) is 25.3 Å². The molecule has 1 aromatic rings. The number of hydrogen-bond donors (Lipinski definition) is 2. The SMILES string of the molecule is CCNCCCCS(=O)(=O)Nc1cccc(Br)c1C. The van der Waals surface area contributed by atoms with Crippen molar-refractivity contribution in [3.63, 3.8) is 0 Å². The van der Waals surface area contributed by atoms with Crippen LogP contribution in [0.5, 0.6) is 0 Å². The molecule has 0 atom stereocenters. The second kappa shape index (κ2) is 7.87. The first-order valence-corrected chi connectivity index (χ1v) is 8.87. The minimum absolute atomic E-state index is 0.157. The molecule has 4 nitrogen and oxygen atoms in total. The Balaban J connectivity index is 2.52. The van der Waals surface area contributed by atoms with E-state index in [1.54, 1.807) is 6.07 Å². The predicted octanol–water partition coefficient (Wildman–Crippen LogP) is 2.89. The molecule has 2 N–H and O–H groups in total. The molecule has 1 rings (SSSR count). The van der Waals surface area contributed by atoms with Crippen LogP contribution in [-0.2, 0) is 10.0 Å². The predicted molar refractivity (Wildman–Crippen MR) is 84.1 cm³/mol. The summed E-state index contributed by atoms with van der Waals surface area (Å²) in [5.74, 6) is 0.157. The smallest absolute Gasteiger partial charge is 0.232 e. The average molecular weight is 349 g/mol. The van der Waals surface area contributed by atoms with Gasteiger partial charge in [0.25, 0.3) is 0 Å². The largest absolute Gasteiger partial charge is 0.317 e. The molecule has 0 amide bonds. The maximum atomic E-state index is 11.9. The number of rotatable bonds is 8. The zero-order valence-electron chi connectivity index (χ0n) is 11.4. The molecule has 0 aliphatic heterocycles. The van der Waals surface area contributed by atoms with Crippen molar-refractivity contribution < 1.29 is 8.42 Å². The first kappa shape index (κ1) is 16.5. The van der Waals surface area contributed by atoms with E-state index in [1.165, 1.54) is 0 Å². The molecule has 0 aromatic heterocycles. The summed E-state index contributed by atoms with van der Waals surface area (Å²) in [5, 5.41) is 3.18. The quantitative estimate of drug-likeness (QED) is 0.710. The lowest BCUT2D eigenvalue weighted by molar-refractivity contribution is 0.593. The molecule has 0 aliphatic rings. The fraction of sp³-hybridized carbons (Fsp3) is 0.538. The van der Waals surface area contributed by atoms with Gasteiger partial charge in [-0.05, 0) is 50.6 Å². The highest BCUT2D eigenvalue weighted by molar-refractivity contribution is 9.10.